The van der Waals surface area contributed by atoms with Gasteiger partial charge in [-0.15, -0.1) is 0 Å². The number of anilines is 1. The summed E-state index contributed by atoms with van der Waals surface area (Å²) in [6.45, 7) is -0.459. The molecule has 0 aromatic heterocycles. The van der Waals surface area contributed by atoms with E-state index in [1.807, 2.05) is 0 Å². The zero-order chi connectivity index (χ0) is 20.5. The Labute approximate surface area is 157 Å². The van der Waals surface area contributed by atoms with Gasteiger partial charge in [-0.3, -0.25) is 9.59 Å². The molecule has 2 aromatic rings. The normalized spacial score (nSPS) is 19.4. The minimum atomic E-state index is -4.50. The molecule has 0 spiro atoms. The average Bonchev–Trinajstić information content (AvgIpc) is 3.04. The lowest BCUT2D eigenvalue weighted by Crippen LogP contribution is -2.32. The molecule has 1 heterocycles. The van der Waals surface area contributed by atoms with Gasteiger partial charge in [0.2, 0.25) is 11.8 Å². The van der Waals surface area contributed by atoms with Crippen molar-refractivity contribution in [2.24, 2.45) is 5.92 Å². The van der Waals surface area contributed by atoms with E-state index in [1.165, 1.54) is 24.3 Å². The van der Waals surface area contributed by atoms with Gasteiger partial charge in [-0.25, -0.2) is 4.39 Å². The van der Waals surface area contributed by atoms with Crippen molar-refractivity contribution in [3.05, 3.63) is 65.0 Å². The third-order valence-corrected chi connectivity index (χ3v) is 4.65. The van der Waals surface area contributed by atoms with Gasteiger partial charge in [-0.05, 0) is 23.8 Å². The molecular formula is C19H16F4N2O3. The summed E-state index contributed by atoms with van der Waals surface area (Å²) in [6, 6.07) is 8.08. The molecule has 2 amide bonds. The fraction of sp³-hybridized carbons (Fsp3) is 0.263. The van der Waals surface area contributed by atoms with Crippen LogP contribution in [0.25, 0.3) is 0 Å². The molecule has 3 N–H and O–H groups in total. The zero-order valence-electron chi connectivity index (χ0n) is 14.4. The van der Waals surface area contributed by atoms with Crippen LogP contribution in [0, 0.1) is 11.7 Å². The van der Waals surface area contributed by atoms with Crippen molar-refractivity contribution in [1.29, 1.82) is 0 Å². The Hall–Kier alpha value is -2.94. The summed E-state index contributed by atoms with van der Waals surface area (Å²) >= 11 is 0. The van der Waals surface area contributed by atoms with E-state index in [0.29, 0.717) is 5.56 Å². The van der Waals surface area contributed by atoms with Crippen LogP contribution in [0.2, 0.25) is 0 Å². The first kappa shape index (κ1) is 19.8. The first-order valence-electron chi connectivity index (χ1n) is 8.36. The fourth-order valence-electron chi connectivity index (χ4n) is 3.19. The van der Waals surface area contributed by atoms with Gasteiger partial charge in [-0.1, -0.05) is 24.3 Å². The number of nitrogens with one attached hydrogen (secondary N) is 2. The molecule has 148 valence electrons. The molecule has 3 rings (SSSR count). The van der Waals surface area contributed by atoms with Crippen LogP contribution in [0.1, 0.15) is 22.6 Å². The van der Waals surface area contributed by atoms with E-state index in [1.54, 1.807) is 0 Å². The van der Waals surface area contributed by atoms with E-state index < -0.39 is 47.8 Å². The number of benzene rings is 2. The maximum absolute atomic E-state index is 14.0. The molecule has 1 unspecified atom stereocenters. The second-order valence-electron chi connectivity index (χ2n) is 6.37. The van der Waals surface area contributed by atoms with E-state index in [-0.39, 0.29) is 17.8 Å². The Bertz CT molecular complexity index is 897. The van der Waals surface area contributed by atoms with Crippen LogP contribution in [0.5, 0.6) is 0 Å². The Kier molecular flexibility index (Phi) is 5.37. The molecule has 28 heavy (non-hydrogen) atoms. The topological polar surface area (TPSA) is 78.4 Å². The number of carbonyl (C=O) groups is 2. The summed E-state index contributed by atoms with van der Waals surface area (Å²) < 4.78 is 52.2. The molecule has 1 saturated heterocycles. The van der Waals surface area contributed by atoms with Crippen molar-refractivity contribution in [1.82, 2.24) is 5.32 Å². The molecule has 1 fully saturated rings. The number of halogens is 4. The number of rotatable bonds is 4. The highest BCUT2D eigenvalue weighted by Crippen LogP contribution is 2.34. The minimum Gasteiger partial charge on any atom is -0.392 e. The van der Waals surface area contributed by atoms with Gasteiger partial charge >= 0.3 is 6.18 Å². The van der Waals surface area contributed by atoms with E-state index in [2.05, 4.69) is 10.6 Å². The van der Waals surface area contributed by atoms with Gasteiger partial charge in [0, 0.05) is 18.0 Å². The monoisotopic (exact) mass is 396 g/mol. The first-order valence-corrected chi connectivity index (χ1v) is 8.36. The van der Waals surface area contributed by atoms with Crippen LogP contribution >= 0.6 is 0 Å². The summed E-state index contributed by atoms with van der Waals surface area (Å²) in [6.07, 6.45) is -4.50. The lowest BCUT2D eigenvalue weighted by molar-refractivity contribution is -0.137. The number of aliphatic hydroxyl groups is 1. The third-order valence-electron chi connectivity index (χ3n) is 4.65. The summed E-state index contributed by atoms with van der Waals surface area (Å²) in [7, 11) is 0. The van der Waals surface area contributed by atoms with Gasteiger partial charge < -0.3 is 15.7 Å². The number of hydrogen-bond donors (Lipinski definition) is 3. The van der Waals surface area contributed by atoms with Crippen molar-refractivity contribution in [2.45, 2.75) is 18.7 Å². The van der Waals surface area contributed by atoms with Crippen molar-refractivity contribution < 1.29 is 32.3 Å². The van der Waals surface area contributed by atoms with Gasteiger partial charge in [-0.2, -0.15) is 13.2 Å². The number of para-hydroxylation sites is 1. The molecule has 2 aromatic carbocycles. The molecule has 0 bridgehead atoms. The van der Waals surface area contributed by atoms with E-state index in [9.17, 15) is 32.3 Å². The molecule has 1 aliphatic heterocycles. The van der Waals surface area contributed by atoms with Crippen LogP contribution in [-0.4, -0.2) is 23.5 Å². The summed E-state index contributed by atoms with van der Waals surface area (Å²) in [5, 5.41) is 14.1. The van der Waals surface area contributed by atoms with Crippen LogP contribution in [-0.2, 0) is 22.4 Å². The standard InChI is InChI=1S/C19H16F4N2O3/c20-14-3-1-2-11(9-26)16(14)25-18(28)15-13(8-24-17(15)27)10-4-6-12(7-5-10)19(21,22)23/h1-7,13,15,26H,8-9H2,(H,24,27)(H,25,28)/t13-,15?/m1/s1. The lowest BCUT2D eigenvalue weighted by Gasteiger charge is -2.19. The summed E-state index contributed by atoms with van der Waals surface area (Å²) in [5.74, 6) is -4.14. The third kappa shape index (κ3) is 3.84. The van der Waals surface area contributed by atoms with Gasteiger partial charge in [0.25, 0.3) is 0 Å². The van der Waals surface area contributed by atoms with E-state index >= 15 is 0 Å². The molecule has 1 aliphatic rings. The quantitative estimate of drug-likeness (QED) is 0.549. The second kappa shape index (κ2) is 7.59. The first-order chi connectivity index (χ1) is 13.2. The molecule has 2 atom stereocenters. The maximum Gasteiger partial charge on any atom is 0.416 e. The molecule has 0 radical (unpaired) electrons. The van der Waals surface area contributed by atoms with Crippen LogP contribution in [0.4, 0.5) is 23.2 Å². The largest absolute Gasteiger partial charge is 0.416 e. The molecule has 9 heteroatoms. The van der Waals surface area contributed by atoms with E-state index in [0.717, 1.165) is 18.2 Å². The number of amides is 2. The lowest BCUT2D eigenvalue weighted by atomic mass is 9.87. The smallest absolute Gasteiger partial charge is 0.392 e. The van der Waals surface area contributed by atoms with Crippen LogP contribution in [0.15, 0.2) is 42.5 Å². The zero-order valence-corrected chi connectivity index (χ0v) is 14.4. The number of alkyl halides is 3. The van der Waals surface area contributed by atoms with Crippen molar-refractivity contribution >= 4 is 17.5 Å². The summed E-state index contributed by atoms with van der Waals surface area (Å²) in [4.78, 5) is 24.8. The van der Waals surface area contributed by atoms with Crippen molar-refractivity contribution in [3.63, 3.8) is 0 Å². The number of hydrogen-bond acceptors (Lipinski definition) is 3. The predicted molar refractivity (Wildman–Crippen MR) is 91.6 cm³/mol. The number of aliphatic hydroxyl groups excluding tert-OH is 1. The highest BCUT2D eigenvalue weighted by molar-refractivity contribution is 6.08. The maximum atomic E-state index is 14.0. The number of carbonyl (C=O) groups excluding carboxylic acids is 2. The Balaban J connectivity index is 1.86. The Morgan fingerprint density at radius 1 is 1.18 bits per heavy atom. The molecular weight excluding hydrogens is 380 g/mol. The minimum absolute atomic E-state index is 0.0619. The Morgan fingerprint density at radius 3 is 2.46 bits per heavy atom. The second-order valence-corrected chi connectivity index (χ2v) is 6.37. The highest BCUT2D eigenvalue weighted by Gasteiger charge is 2.41. The van der Waals surface area contributed by atoms with Gasteiger partial charge in [0.1, 0.15) is 11.7 Å². The molecule has 5 nitrogen and oxygen atoms in total. The van der Waals surface area contributed by atoms with E-state index in [4.69, 9.17) is 0 Å². The fourth-order valence-corrected chi connectivity index (χ4v) is 3.19. The van der Waals surface area contributed by atoms with Crippen molar-refractivity contribution in [2.75, 3.05) is 11.9 Å². The van der Waals surface area contributed by atoms with Crippen molar-refractivity contribution in [3.8, 4) is 0 Å². The highest BCUT2D eigenvalue weighted by atomic mass is 19.4. The summed E-state index contributed by atoms with van der Waals surface area (Å²) in [5.41, 5.74) is -0.561. The molecule has 0 saturated carbocycles. The van der Waals surface area contributed by atoms with Crippen LogP contribution < -0.4 is 10.6 Å². The van der Waals surface area contributed by atoms with Crippen LogP contribution in [0.3, 0.4) is 0 Å². The van der Waals surface area contributed by atoms with Gasteiger partial charge in [0.15, 0.2) is 0 Å². The van der Waals surface area contributed by atoms with Gasteiger partial charge in [0.05, 0.1) is 17.9 Å². The average molecular weight is 396 g/mol. The predicted octanol–water partition coefficient (Wildman–Crippen LogP) is 2.81. The Morgan fingerprint density at radius 2 is 1.86 bits per heavy atom. The molecule has 0 aliphatic carbocycles. The SMILES string of the molecule is O=C1NC[C@H](c2ccc(C(F)(F)F)cc2)C1C(=O)Nc1c(F)cccc1CO.